The number of amidine groups is 1. The van der Waals surface area contributed by atoms with Gasteiger partial charge in [-0.25, -0.2) is 4.58 Å². The van der Waals surface area contributed by atoms with Gasteiger partial charge in [0, 0.05) is 17.0 Å². The van der Waals surface area contributed by atoms with E-state index in [-0.39, 0.29) is 0 Å². The molecule has 3 aromatic rings. The van der Waals surface area contributed by atoms with Crippen molar-refractivity contribution < 1.29 is 0 Å². The van der Waals surface area contributed by atoms with Crippen molar-refractivity contribution in [1.29, 1.82) is 0 Å². The molecule has 3 nitrogen and oxygen atoms in total. The first kappa shape index (κ1) is 13.9. The Hall–Kier alpha value is -2.68. The molecule has 4 rings (SSSR count). The Bertz CT molecular complexity index is 1020. The minimum Gasteiger partial charge on any atom is -0.316 e. The zero-order valence-electron chi connectivity index (χ0n) is 14.0. The molecule has 0 fully saturated rings. The first-order valence-corrected chi connectivity index (χ1v) is 7.91. The third kappa shape index (κ3) is 1.89. The second-order valence-corrected chi connectivity index (χ2v) is 6.15. The summed E-state index contributed by atoms with van der Waals surface area (Å²) in [6.07, 6.45) is 2.10. The number of fused-ring (bicyclic) bond motifs is 2. The van der Waals surface area contributed by atoms with Crippen molar-refractivity contribution in [3.8, 4) is 0 Å². The summed E-state index contributed by atoms with van der Waals surface area (Å²) in [5, 5.41) is 2.50. The van der Waals surface area contributed by atoms with Crippen molar-refractivity contribution in [3.05, 3.63) is 70.5 Å². The highest BCUT2D eigenvalue weighted by atomic mass is 15.1. The van der Waals surface area contributed by atoms with Crippen LogP contribution in [-0.2, 0) is 0 Å². The zero-order valence-corrected chi connectivity index (χ0v) is 14.0. The van der Waals surface area contributed by atoms with Gasteiger partial charge in [-0.05, 0) is 44.0 Å². The number of rotatable bonds is 1. The third-order valence-corrected chi connectivity index (χ3v) is 4.84. The molecular weight excluding hydrogens is 282 g/mol. The molecule has 2 aromatic heterocycles. The van der Waals surface area contributed by atoms with Crippen molar-refractivity contribution in [3.63, 3.8) is 0 Å². The zero-order chi connectivity index (χ0) is 16.1. The van der Waals surface area contributed by atoms with E-state index in [1.165, 1.54) is 32.9 Å². The van der Waals surface area contributed by atoms with Gasteiger partial charge in [-0.3, -0.25) is 0 Å². The van der Waals surface area contributed by atoms with Gasteiger partial charge in [0.05, 0.1) is 23.8 Å². The van der Waals surface area contributed by atoms with Gasteiger partial charge < -0.3 is 4.40 Å². The predicted octanol–water partition coefficient (Wildman–Crippen LogP) is 2.59. The second kappa shape index (κ2) is 4.92. The maximum Gasteiger partial charge on any atom is 0.327 e. The molecular formula is C20H20N3+. The number of hydrogen-bond acceptors (Lipinski definition) is 1. The van der Waals surface area contributed by atoms with E-state index in [0.29, 0.717) is 0 Å². The molecule has 0 atom stereocenters. The van der Waals surface area contributed by atoms with Crippen LogP contribution >= 0.6 is 0 Å². The van der Waals surface area contributed by atoms with Gasteiger partial charge >= 0.3 is 5.84 Å². The molecule has 0 spiro atoms. The van der Waals surface area contributed by atoms with Crippen LogP contribution in [0.15, 0.2) is 53.7 Å². The molecule has 0 amide bonds. The van der Waals surface area contributed by atoms with Gasteiger partial charge in [0.1, 0.15) is 5.36 Å². The summed E-state index contributed by atoms with van der Waals surface area (Å²) >= 11 is 0. The largest absolute Gasteiger partial charge is 0.327 e. The van der Waals surface area contributed by atoms with Crippen LogP contribution in [0.2, 0.25) is 0 Å². The van der Waals surface area contributed by atoms with Gasteiger partial charge in [-0.2, -0.15) is 0 Å². The van der Waals surface area contributed by atoms with Crippen molar-refractivity contribution in [2.75, 3.05) is 7.05 Å². The lowest BCUT2D eigenvalue weighted by atomic mass is 10.2. The topological polar surface area (TPSA) is 19.8 Å². The standard InChI is InChI=1S/C20H20N3/c1-13-16-9-5-6-11-18(16)22(4)20(13)21-19-14(2)17-10-7-8-12-23(17)15(19)3/h5-12H,1-4H3/q+1. The molecule has 23 heavy (non-hydrogen) atoms. The number of aromatic nitrogens is 1. The lowest BCUT2D eigenvalue weighted by Crippen LogP contribution is -2.32. The molecule has 0 aliphatic carbocycles. The Labute approximate surface area is 135 Å². The van der Waals surface area contributed by atoms with Crippen LogP contribution in [-0.4, -0.2) is 17.3 Å². The van der Waals surface area contributed by atoms with Gasteiger partial charge in [-0.15, -0.1) is 0 Å². The smallest absolute Gasteiger partial charge is 0.316 e. The Kier molecular flexibility index (Phi) is 2.98. The molecule has 0 radical (unpaired) electrons. The molecule has 3 heterocycles. The second-order valence-electron chi connectivity index (χ2n) is 6.15. The first-order chi connectivity index (χ1) is 11.1. The molecule has 0 bridgehead atoms. The summed E-state index contributed by atoms with van der Waals surface area (Å²) in [6.45, 7) is 6.44. The molecule has 3 heteroatoms. The van der Waals surface area contributed by atoms with Crippen molar-refractivity contribution in [1.82, 2.24) is 8.98 Å². The minimum atomic E-state index is 1.04. The van der Waals surface area contributed by atoms with Crippen LogP contribution in [0.1, 0.15) is 18.2 Å². The summed E-state index contributed by atoms with van der Waals surface area (Å²) in [5.74, 6) is 1.04. The van der Waals surface area contributed by atoms with E-state index >= 15 is 0 Å². The van der Waals surface area contributed by atoms with Gasteiger partial charge in [0.2, 0.25) is 0 Å². The summed E-state index contributed by atoms with van der Waals surface area (Å²) in [5.41, 5.74) is 5.94. The molecule has 1 aliphatic rings. The Morgan fingerprint density at radius 1 is 0.957 bits per heavy atom. The van der Waals surface area contributed by atoms with E-state index in [1.54, 1.807) is 0 Å². The number of aryl methyl sites for hydroxylation is 2. The number of benzene rings is 1. The van der Waals surface area contributed by atoms with Crippen LogP contribution in [0.5, 0.6) is 0 Å². The van der Waals surface area contributed by atoms with E-state index in [2.05, 4.69) is 85.5 Å². The normalized spacial score (nSPS) is 15.7. The lowest BCUT2D eigenvalue weighted by Gasteiger charge is -1.96. The minimum absolute atomic E-state index is 1.04. The molecule has 0 N–H and O–H groups in total. The monoisotopic (exact) mass is 302 g/mol. The highest BCUT2D eigenvalue weighted by molar-refractivity contribution is 6.19. The summed E-state index contributed by atoms with van der Waals surface area (Å²) in [7, 11) is 2.09. The molecule has 0 unspecified atom stereocenters. The fourth-order valence-electron chi connectivity index (χ4n) is 3.55. The highest BCUT2D eigenvalue weighted by Gasteiger charge is 2.25. The average molecular weight is 302 g/mol. The molecule has 0 saturated heterocycles. The van der Waals surface area contributed by atoms with Crippen molar-refractivity contribution in [2.45, 2.75) is 20.8 Å². The van der Waals surface area contributed by atoms with E-state index in [0.717, 1.165) is 11.5 Å². The summed E-state index contributed by atoms with van der Waals surface area (Å²) < 4.78 is 4.40. The van der Waals surface area contributed by atoms with Crippen LogP contribution in [0.3, 0.4) is 0 Å². The summed E-state index contributed by atoms with van der Waals surface area (Å²) in [6, 6.07) is 14.8. The van der Waals surface area contributed by atoms with Crippen LogP contribution in [0, 0.1) is 13.8 Å². The van der Waals surface area contributed by atoms with E-state index < -0.39 is 0 Å². The Balaban J connectivity index is 2.02. The van der Waals surface area contributed by atoms with E-state index in [4.69, 9.17) is 4.99 Å². The van der Waals surface area contributed by atoms with Crippen molar-refractivity contribution >= 4 is 22.6 Å². The van der Waals surface area contributed by atoms with Crippen LogP contribution in [0.4, 0.5) is 5.69 Å². The maximum atomic E-state index is 5.06. The molecule has 114 valence electrons. The molecule has 1 aliphatic heterocycles. The fourth-order valence-corrected chi connectivity index (χ4v) is 3.55. The van der Waals surface area contributed by atoms with Gasteiger partial charge in [-0.1, -0.05) is 24.3 Å². The number of pyridine rings is 1. The summed E-state index contributed by atoms with van der Waals surface area (Å²) in [4.78, 5) is 5.06. The SMILES string of the molecule is CC1=c2ccccc2=[N+](C)C1=Nc1c(C)c2ccccn2c1C. The Morgan fingerprint density at radius 2 is 1.70 bits per heavy atom. The predicted molar refractivity (Wildman–Crippen MR) is 95.9 cm³/mol. The molecule has 1 aromatic carbocycles. The maximum absolute atomic E-state index is 5.06. The van der Waals surface area contributed by atoms with E-state index in [1.807, 2.05) is 0 Å². The molecule has 0 saturated carbocycles. The number of hydrogen-bond donors (Lipinski definition) is 0. The lowest BCUT2D eigenvalue weighted by molar-refractivity contribution is 0.954. The van der Waals surface area contributed by atoms with Gasteiger partial charge in [0.15, 0.2) is 5.69 Å². The fraction of sp³-hybridized carbons (Fsp3) is 0.200. The first-order valence-electron chi connectivity index (χ1n) is 7.91. The quantitative estimate of drug-likeness (QED) is 0.616. The van der Waals surface area contributed by atoms with Crippen LogP contribution < -0.4 is 15.2 Å². The number of nitrogens with zero attached hydrogens (tertiary/aromatic N) is 3. The van der Waals surface area contributed by atoms with Crippen LogP contribution in [0.25, 0.3) is 11.1 Å². The Morgan fingerprint density at radius 3 is 2.43 bits per heavy atom. The average Bonchev–Trinajstić information content (AvgIpc) is 2.97. The van der Waals surface area contributed by atoms with E-state index in [9.17, 15) is 0 Å². The van der Waals surface area contributed by atoms with Crippen molar-refractivity contribution in [2.24, 2.45) is 4.99 Å². The highest BCUT2D eigenvalue weighted by Crippen LogP contribution is 2.30. The third-order valence-electron chi connectivity index (χ3n) is 4.84. The number of para-hydroxylation sites is 1. The van der Waals surface area contributed by atoms with Gasteiger partial charge in [0.25, 0.3) is 0 Å². The number of aliphatic imine (C=N–C) groups is 1.